The highest BCUT2D eigenvalue weighted by Crippen LogP contribution is 2.28. The standard InChI is InChI=1S/C12H21N3O/c1-14-6-4-11(12(14)16)15-7-9-3-2-5-13-10(9)8-15/h9-11,13H,2-8H2,1H3/t9-,10+,11?/m0/s1. The summed E-state index contributed by atoms with van der Waals surface area (Å²) in [7, 11) is 1.92. The van der Waals surface area contributed by atoms with Crippen molar-refractivity contribution in [3.05, 3.63) is 0 Å². The molecule has 16 heavy (non-hydrogen) atoms. The van der Waals surface area contributed by atoms with Gasteiger partial charge in [-0.25, -0.2) is 0 Å². The first-order chi connectivity index (χ1) is 7.75. The quantitative estimate of drug-likeness (QED) is 0.674. The zero-order valence-electron chi connectivity index (χ0n) is 9.98. The van der Waals surface area contributed by atoms with Crippen LogP contribution in [0.2, 0.25) is 0 Å². The molecule has 0 bridgehead atoms. The highest BCUT2D eigenvalue weighted by Gasteiger charge is 2.42. The summed E-state index contributed by atoms with van der Waals surface area (Å²) in [6.07, 6.45) is 3.66. The van der Waals surface area contributed by atoms with Gasteiger partial charge in [0.1, 0.15) is 0 Å². The number of amides is 1. The van der Waals surface area contributed by atoms with Gasteiger partial charge in [-0.2, -0.15) is 0 Å². The monoisotopic (exact) mass is 223 g/mol. The molecular formula is C12H21N3O. The van der Waals surface area contributed by atoms with E-state index in [1.807, 2.05) is 11.9 Å². The number of carbonyl (C=O) groups is 1. The van der Waals surface area contributed by atoms with E-state index in [2.05, 4.69) is 10.2 Å². The molecule has 1 unspecified atom stereocenters. The fourth-order valence-electron chi connectivity index (χ4n) is 3.48. The Hall–Kier alpha value is -0.610. The van der Waals surface area contributed by atoms with E-state index in [0.29, 0.717) is 11.9 Å². The van der Waals surface area contributed by atoms with Crippen LogP contribution < -0.4 is 5.32 Å². The number of hydrogen-bond donors (Lipinski definition) is 1. The maximum atomic E-state index is 12.0. The van der Waals surface area contributed by atoms with Crippen molar-refractivity contribution in [1.29, 1.82) is 0 Å². The zero-order chi connectivity index (χ0) is 11.1. The Balaban J connectivity index is 1.67. The summed E-state index contributed by atoms with van der Waals surface area (Å²) < 4.78 is 0. The molecule has 0 aliphatic carbocycles. The van der Waals surface area contributed by atoms with E-state index in [0.717, 1.165) is 38.5 Å². The summed E-state index contributed by atoms with van der Waals surface area (Å²) >= 11 is 0. The van der Waals surface area contributed by atoms with Gasteiger partial charge in [0, 0.05) is 32.7 Å². The summed E-state index contributed by atoms with van der Waals surface area (Å²) in [5, 5.41) is 3.59. The van der Waals surface area contributed by atoms with Crippen molar-refractivity contribution in [2.24, 2.45) is 5.92 Å². The summed E-state index contributed by atoms with van der Waals surface area (Å²) in [6.45, 7) is 4.30. The molecule has 3 fully saturated rings. The Morgan fingerprint density at radius 2 is 2.19 bits per heavy atom. The van der Waals surface area contributed by atoms with Crippen LogP contribution in [0.1, 0.15) is 19.3 Å². The number of rotatable bonds is 1. The molecule has 3 saturated heterocycles. The second-order valence-electron chi connectivity index (χ2n) is 5.48. The van der Waals surface area contributed by atoms with Crippen molar-refractivity contribution < 1.29 is 4.79 Å². The maximum Gasteiger partial charge on any atom is 0.239 e. The van der Waals surface area contributed by atoms with Gasteiger partial charge in [-0.05, 0) is 31.7 Å². The lowest BCUT2D eigenvalue weighted by Crippen LogP contribution is -2.42. The third-order valence-electron chi connectivity index (χ3n) is 4.47. The fourth-order valence-corrected chi connectivity index (χ4v) is 3.48. The molecule has 0 aromatic heterocycles. The molecule has 3 heterocycles. The minimum Gasteiger partial charge on any atom is -0.344 e. The topological polar surface area (TPSA) is 35.6 Å². The van der Waals surface area contributed by atoms with E-state index in [-0.39, 0.29) is 6.04 Å². The van der Waals surface area contributed by atoms with Crippen LogP contribution in [0.5, 0.6) is 0 Å². The molecular weight excluding hydrogens is 202 g/mol. The normalized spacial score (nSPS) is 40.4. The first-order valence-electron chi connectivity index (χ1n) is 6.48. The van der Waals surface area contributed by atoms with E-state index in [1.54, 1.807) is 0 Å². The number of nitrogens with one attached hydrogen (secondary N) is 1. The molecule has 3 atom stereocenters. The zero-order valence-corrected chi connectivity index (χ0v) is 9.98. The number of likely N-dealkylation sites (N-methyl/N-ethyl adjacent to an activating group) is 1. The third kappa shape index (κ3) is 1.64. The molecule has 3 aliphatic heterocycles. The predicted octanol–water partition coefficient (Wildman–Crippen LogP) is -0.0991. The Morgan fingerprint density at radius 3 is 2.88 bits per heavy atom. The van der Waals surface area contributed by atoms with Crippen LogP contribution >= 0.6 is 0 Å². The van der Waals surface area contributed by atoms with E-state index < -0.39 is 0 Å². The molecule has 0 aromatic rings. The largest absolute Gasteiger partial charge is 0.344 e. The molecule has 1 N–H and O–H groups in total. The smallest absolute Gasteiger partial charge is 0.239 e. The summed E-state index contributed by atoms with van der Waals surface area (Å²) in [4.78, 5) is 16.3. The van der Waals surface area contributed by atoms with Crippen LogP contribution in [-0.2, 0) is 4.79 Å². The van der Waals surface area contributed by atoms with Gasteiger partial charge in [-0.3, -0.25) is 9.69 Å². The van der Waals surface area contributed by atoms with Gasteiger partial charge in [0.15, 0.2) is 0 Å². The van der Waals surface area contributed by atoms with E-state index >= 15 is 0 Å². The number of hydrogen-bond acceptors (Lipinski definition) is 3. The van der Waals surface area contributed by atoms with Crippen molar-refractivity contribution in [1.82, 2.24) is 15.1 Å². The van der Waals surface area contributed by atoms with Crippen LogP contribution in [-0.4, -0.2) is 61.0 Å². The minimum absolute atomic E-state index is 0.178. The molecule has 0 saturated carbocycles. The number of carbonyl (C=O) groups excluding carboxylic acids is 1. The summed E-state index contributed by atoms with van der Waals surface area (Å²) in [6, 6.07) is 0.824. The number of piperidine rings is 1. The van der Waals surface area contributed by atoms with Crippen LogP contribution in [0.15, 0.2) is 0 Å². The molecule has 0 aromatic carbocycles. The van der Waals surface area contributed by atoms with Crippen LogP contribution in [0.25, 0.3) is 0 Å². The lowest BCUT2D eigenvalue weighted by molar-refractivity contribution is -0.130. The Morgan fingerprint density at radius 1 is 1.31 bits per heavy atom. The van der Waals surface area contributed by atoms with Crippen LogP contribution in [0.3, 0.4) is 0 Å². The molecule has 0 radical (unpaired) electrons. The van der Waals surface area contributed by atoms with Crippen LogP contribution in [0.4, 0.5) is 0 Å². The van der Waals surface area contributed by atoms with E-state index in [4.69, 9.17) is 0 Å². The number of fused-ring (bicyclic) bond motifs is 1. The molecule has 1 amide bonds. The van der Waals surface area contributed by atoms with Crippen LogP contribution in [0, 0.1) is 5.92 Å². The maximum absolute atomic E-state index is 12.0. The number of likely N-dealkylation sites (tertiary alicyclic amines) is 2. The van der Waals surface area contributed by atoms with E-state index in [9.17, 15) is 4.79 Å². The highest BCUT2D eigenvalue weighted by molar-refractivity contribution is 5.83. The molecule has 4 heteroatoms. The van der Waals surface area contributed by atoms with Gasteiger partial charge in [0.25, 0.3) is 0 Å². The first kappa shape index (κ1) is 10.5. The van der Waals surface area contributed by atoms with Gasteiger partial charge in [-0.1, -0.05) is 0 Å². The second-order valence-corrected chi connectivity index (χ2v) is 5.48. The van der Waals surface area contributed by atoms with E-state index in [1.165, 1.54) is 12.8 Å². The molecule has 0 spiro atoms. The van der Waals surface area contributed by atoms with Crippen molar-refractivity contribution in [3.8, 4) is 0 Å². The van der Waals surface area contributed by atoms with Gasteiger partial charge < -0.3 is 10.2 Å². The van der Waals surface area contributed by atoms with Gasteiger partial charge in [0.2, 0.25) is 5.91 Å². The second kappa shape index (κ2) is 4.00. The van der Waals surface area contributed by atoms with Crippen molar-refractivity contribution in [2.75, 3.05) is 33.2 Å². The van der Waals surface area contributed by atoms with Gasteiger partial charge in [-0.15, -0.1) is 0 Å². The lowest BCUT2D eigenvalue weighted by atomic mass is 9.94. The van der Waals surface area contributed by atoms with Gasteiger partial charge >= 0.3 is 0 Å². The minimum atomic E-state index is 0.178. The molecule has 3 aliphatic rings. The molecule has 90 valence electrons. The molecule has 4 nitrogen and oxygen atoms in total. The first-order valence-corrected chi connectivity index (χ1v) is 6.48. The van der Waals surface area contributed by atoms with Crippen molar-refractivity contribution in [3.63, 3.8) is 0 Å². The average molecular weight is 223 g/mol. The predicted molar refractivity (Wildman–Crippen MR) is 62.1 cm³/mol. The SMILES string of the molecule is CN1CCC(N2C[C@@H]3CCCN[C@@H]3C2)C1=O. The van der Waals surface area contributed by atoms with Crippen molar-refractivity contribution >= 4 is 5.91 Å². The fraction of sp³-hybridized carbons (Fsp3) is 0.917. The number of nitrogens with zero attached hydrogens (tertiary/aromatic N) is 2. The summed E-state index contributed by atoms with van der Waals surface area (Å²) in [5.74, 6) is 1.12. The third-order valence-corrected chi connectivity index (χ3v) is 4.47. The van der Waals surface area contributed by atoms with Crippen molar-refractivity contribution in [2.45, 2.75) is 31.3 Å². The lowest BCUT2D eigenvalue weighted by Gasteiger charge is -2.24. The molecule has 3 rings (SSSR count). The summed E-state index contributed by atoms with van der Waals surface area (Å²) in [5.41, 5.74) is 0. The average Bonchev–Trinajstić information content (AvgIpc) is 2.84. The Kier molecular flexibility index (Phi) is 2.64. The highest BCUT2D eigenvalue weighted by atomic mass is 16.2. The Labute approximate surface area is 97.0 Å². The van der Waals surface area contributed by atoms with Gasteiger partial charge in [0.05, 0.1) is 6.04 Å². The Bertz CT molecular complexity index is 280.